The lowest BCUT2D eigenvalue weighted by molar-refractivity contribution is -0.110. The number of rotatable bonds is 3. The van der Waals surface area contributed by atoms with Gasteiger partial charge in [-0.2, -0.15) is 0 Å². The lowest BCUT2D eigenvalue weighted by Gasteiger charge is -2.07. The third-order valence-electron chi connectivity index (χ3n) is 3.98. The molecule has 0 spiro atoms. The van der Waals surface area contributed by atoms with E-state index in [0.717, 1.165) is 0 Å². The zero-order chi connectivity index (χ0) is 18.1. The first-order chi connectivity index (χ1) is 12.6. The first-order valence-electron chi connectivity index (χ1n) is 7.88. The molecular weight excluding hydrogens is 335 g/mol. The molecule has 3 aromatic rings. The Hall–Kier alpha value is -3.67. The first kappa shape index (κ1) is 15.8. The topological polar surface area (TPSA) is 71.3 Å². The minimum absolute atomic E-state index is 0.265. The van der Waals surface area contributed by atoms with E-state index in [1.807, 2.05) is 0 Å². The van der Waals surface area contributed by atoms with Gasteiger partial charge in [0, 0.05) is 22.5 Å². The number of nitrogens with one attached hydrogen (secondary N) is 2. The third kappa shape index (κ3) is 3.00. The molecule has 1 aliphatic heterocycles. The molecule has 26 heavy (non-hydrogen) atoms. The van der Waals surface area contributed by atoms with Gasteiger partial charge >= 0.3 is 0 Å². The van der Waals surface area contributed by atoms with Gasteiger partial charge in [-0.25, -0.2) is 4.39 Å². The first-order valence-corrected chi connectivity index (χ1v) is 7.88. The van der Waals surface area contributed by atoms with Crippen LogP contribution >= 0.6 is 0 Å². The van der Waals surface area contributed by atoms with Crippen molar-refractivity contribution < 1.29 is 18.4 Å². The van der Waals surface area contributed by atoms with Crippen LogP contribution in [0.2, 0.25) is 0 Å². The number of halogens is 1. The number of benzene rings is 2. The number of anilines is 2. The monoisotopic (exact) mass is 348 g/mol. The Kier molecular flexibility index (Phi) is 3.85. The Morgan fingerprint density at radius 3 is 2.77 bits per heavy atom. The second kappa shape index (κ2) is 6.33. The molecule has 6 heteroatoms. The summed E-state index contributed by atoms with van der Waals surface area (Å²) in [6.45, 7) is 0. The van der Waals surface area contributed by atoms with Crippen molar-refractivity contribution in [3.05, 3.63) is 83.6 Å². The SMILES string of the molecule is O=C1Nc2ccc(C(=O)Nc3cccc(F)c3)cc2C1=Cc1ccco1. The third-order valence-corrected chi connectivity index (χ3v) is 3.98. The second-order valence-electron chi connectivity index (χ2n) is 5.75. The van der Waals surface area contributed by atoms with Crippen LogP contribution < -0.4 is 10.6 Å². The largest absolute Gasteiger partial charge is 0.465 e. The molecule has 0 unspecified atom stereocenters. The highest BCUT2D eigenvalue weighted by atomic mass is 19.1. The number of carbonyl (C=O) groups is 2. The van der Waals surface area contributed by atoms with Crippen LogP contribution in [0.15, 0.2) is 65.3 Å². The highest BCUT2D eigenvalue weighted by Crippen LogP contribution is 2.34. The van der Waals surface area contributed by atoms with Crippen LogP contribution in [0.3, 0.4) is 0 Å². The van der Waals surface area contributed by atoms with Crippen molar-refractivity contribution in [2.24, 2.45) is 0 Å². The van der Waals surface area contributed by atoms with Crippen molar-refractivity contribution in [1.82, 2.24) is 0 Å². The van der Waals surface area contributed by atoms with Gasteiger partial charge in [0.1, 0.15) is 11.6 Å². The smallest absolute Gasteiger partial charge is 0.256 e. The normalized spacial score (nSPS) is 14.2. The van der Waals surface area contributed by atoms with Gasteiger partial charge in [0.25, 0.3) is 11.8 Å². The number of amides is 2. The molecule has 1 aromatic heterocycles. The Morgan fingerprint density at radius 2 is 2.00 bits per heavy atom. The molecule has 0 atom stereocenters. The predicted octanol–water partition coefficient (Wildman–Crippen LogP) is 4.16. The number of carbonyl (C=O) groups excluding carboxylic acids is 2. The fourth-order valence-corrected chi connectivity index (χ4v) is 2.76. The number of furan rings is 1. The minimum atomic E-state index is -0.435. The van der Waals surface area contributed by atoms with Crippen molar-refractivity contribution in [1.29, 1.82) is 0 Å². The summed E-state index contributed by atoms with van der Waals surface area (Å²) in [4.78, 5) is 24.7. The summed E-state index contributed by atoms with van der Waals surface area (Å²) in [6.07, 6.45) is 3.14. The standard InChI is InChI=1S/C20H13FN2O3/c21-13-3-1-4-14(10-13)22-19(24)12-6-7-18-16(9-12)17(20(25)23-18)11-15-5-2-8-26-15/h1-11H,(H,22,24)(H,23,25). The quantitative estimate of drug-likeness (QED) is 0.698. The summed E-state index contributed by atoms with van der Waals surface area (Å²) in [5.41, 5.74) is 2.36. The fraction of sp³-hybridized carbons (Fsp3) is 0. The number of hydrogen-bond acceptors (Lipinski definition) is 3. The molecule has 0 bridgehead atoms. The maximum Gasteiger partial charge on any atom is 0.256 e. The zero-order valence-corrected chi connectivity index (χ0v) is 13.5. The fourth-order valence-electron chi connectivity index (χ4n) is 2.76. The van der Waals surface area contributed by atoms with Crippen molar-refractivity contribution in [2.45, 2.75) is 0 Å². The van der Waals surface area contributed by atoms with Gasteiger partial charge in [-0.05, 0) is 54.6 Å². The summed E-state index contributed by atoms with van der Waals surface area (Å²) >= 11 is 0. The molecule has 1 aliphatic rings. The molecule has 2 aromatic carbocycles. The maximum absolute atomic E-state index is 13.3. The minimum Gasteiger partial charge on any atom is -0.465 e. The van der Waals surface area contributed by atoms with E-state index in [0.29, 0.717) is 33.8 Å². The molecular formula is C20H13FN2O3. The van der Waals surface area contributed by atoms with Gasteiger partial charge in [-0.1, -0.05) is 6.07 Å². The van der Waals surface area contributed by atoms with E-state index >= 15 is 0 Å². The molecule has 2 amide bonds. The van der Waals surface area contributed by atoms with Crippen LogP contribution in [0, 0.1) is 5.82 Å². The van der Waals surface area contributed by atoms with Crippen LogP contribution in [-0.2, 0) is 4.79 Å². The molecule has 128 valence electrons. The van der Waals surface area contributed by atoms with Crippen LogP contribution in [-0.4, -0.2) is 11.8 Å². The molecule has 5 nitrogen and oxygen atoms in total. The highest BCUT2D eigenvalue weighted by Gasteiger charge is 2.25. The molecule has 0 fully saturated rings. The molecule has 0 saturated heterocycles. The Bertz CT molecular complexity index is 1040. The van der Waals surface area contributed by atoms with Crippen LogP contribution in [0.5, 0.6) is 0 Å². The van der Waals surface area contributed by atoms with E-state index in [2.05, 4.69) is 10.6 Å². The van der Waals surface area contributed by atoms with Crippen LogP contribution in [0.4, 0.5) is 15.8 Å². The van der Waals surface area contributed by atoms with E-state index < -0.39 is 11.7 Å². The van der Waals surface area contributed by atoms with Crippen LogP contribution in [0.1, 0.15) is 21.7 Å². The molecule has 2 heterocycles. The zero-order valence-electron chi connectivity index (χ0n) is 13.5. The maximum atomic E-state index is 13.3. The van der Waals surface area contributed by atoms with Crippen LogP contribution in [0.25, 0.3) is 11.6 Å². The Morgan fingerprint density at radius 1 is 1.12 bits per heavy atom. The molecule has 4 rings (SSSR count). The van der Waals surface area contributed by atoms with E-state index in [-0.39, 0.29) is 5.91 Å². The average Bonchev–Trinajstić information content (AvgIpc) is 3.23. The lowest BCUT2D eigenvalue weighted by Crippen LogP contribution is -2.12. The van der Waals surface area contributed by atoms with E-state index in [9.17, 15) is 14.0 Å². The van der Waals surface area contributed by atoms with E-state index in [4.69, 9.17) is 4.42 Å². The second-order valence-corrected chi connectivity index (χ2v) is 5.75. The molecule has 0 radical (unpaired) electrons. The van der Waals surface area contributed by atoms with E-state index in [1.165, 1.54) is 24.5 Å². The number of fused-ring (bicyclic) bond motifs is 1. The van der Waals surface area contributed by atoms with Gasteiger partial charge in [0.15, 0.2) is 0 Å². The Labute approximate surface area is 148 Å². The van der Waals surface area contributed by atoms with Gasteiger partial charge in [0.05, 0.1) is 11.8 Å². The van der Waals surface area contributed by atoms with Gasteiger partial charge in [-0.15, -0.1) is 0 Å². The summed E-state index contributed by atoms with van der Waals surface area (Å²) in [5.74, 6) is -0.554. The molecule has 0 aliphatic carbocycles. The predicted molar refractivity (Wildman–Crippen MR) is 96.0 cm³/mol. The summed E-state index contributed by atoms with van der Waals surface area (Å²) in [6, 6.07) is 14.0. The molecule has 0 saturated carbocycles. The van der Waals surface area contributed by atoms with Crippen molar-refractivity contribution >= 4 is 34.8 Å². The van der Waals surface area contributed by atoms with Gasteiger partial charge in [-0.3, -0.25) is 9.59 Å². The molecule has 2 N–H and O–H groups in total. The van der Waals surface area contributed by atoms with Crippen molar-refractivity contribution in [3.63, 3.8) is 0 Å². The highest BCUT2D eigenvalue weighted by molar-refractivity contribution is 6.35. The summed E-state index contributed by atoms with van der Waals surface area (Å²) < 4.78 is 18.5. The number of hydrogen-bond donors (Lipinski definition) is 2. The average molecular weight is 348 g/mol. The van der Waals surface area contributed by atoms with Gasteiger partial charge in [0.2, 0.25) is 0 Å². The summed E-state index contributed by atoms with van der Waals surface area (Å²) in [5, 5.41) is 5.39. The van der Waals surface area contributed by atoms with E-state index in [1.54, 1.807) is 42.5 Å². The Balaban J connectivity index is 1.65. The summed E-state index contributed by atoms with van der Waals surface area (Å²) in [7, 11) is 0. The van der Waals surface area contributed by atoms with Crippen molar-refractivity contribution in [3.8, 4) is 0 Å². The lowest BCUT2D eigenvalue weighted by atomic mass is 10.0. The van der Waals surface area contributed by atoms with Crippen molar-refractivity contribution in [2.75, 3.05) is 10.6 Å². The van der Waals surface area contributed by atoms with Gasteiger partial charge < -0.3 is 15.1 Å².